The number of amides is 1. The maximum Gasteiger partial charge on any atom is 0.225 e. The number of hydrogen-bond donors (Lipinski definition) is 0. The van der Waals surface area contributed by atoms with Gasteiger partial charge in [0.2, 0.25) is 5.91 Å². The van der Waals surface area contributed by atoms with Gasteiger partial charge in [-0.05, 0) is 50.9 Å². The summed E-state index contributed by atoms with van der Waals surface area (Å²) in [4.78, 5) is 22.3. The first-order chi connectivity index (χ1) is 14.2. The molecule has 2 fully saturated rings. The van der Waals surface area contributed by atoms with E-state index in [1.807, 2.05) is 18.2 Å². The highest BCUT2D eigenvalue weighted by Gasteiger charge is 2.29. The molecule has 156 valence electrons. The second-order valence-corrected chi connectivity index (χ2v) is 9.02. The van der Waals surface area contributed by atoms with Crippen molar-refractivity contribution in [1.29, 1.82) is 0 Å². The summed E-state index contributed by atoms with van der Waals surface area (Å²) in [6.45, 7) is 4.76. The van der Waals surface area contributed by atoms with Gasteiger partial charge in [-0.15, -0.1) is 11.3 Å². The first kappa shape index (κ1) is 20.4. The standard InChI is InChI=1S/C23H31N3O2S/c1-28-21-8-6-7-19(15-21)22-24-20(17-29-22)16-25-13-9-18(10-14-25)23(27)26-11-4-2-3-5-12-26/h6-8,15,17-18H,2-5,9-14,16H2,1H3. The van der Waals surface area contributed by atoms with Crippen molar-refractivity contribution < 1.29 is 9.53 Å². The van der Waals surface area contributed by atoms with Gasteiger partial charge in [-0.3, -0.25) is 9.69 Å². The summed E-state index contributed by atoms with van der Waals surface area (Å²) in [5.41, 5.74) is 2.22. The molecule has 6 heteroatoms. The van der Waals surface area contributed by atoms with Crippen molar-refractivity contribution in [2.75, 3.05) is 33.3 Å². The van der Waals surface area contributed by atoms with Gasteiger partial charge in [0, 0.05) is 36.5 Å². The van der Waals surface area contributed by atoms with Crippen molar-refractivity contribution in [1.82, 2.24) is 14.8 Å². The Bertz CT molecular complexity index is 806. The number of thiazole rings is 1. The van der Waals surface area contributed by atoms with Gasteiger partial charge in [-0.25, -0.2) is 4.98 Å². The predicted octanol–water partition coefficient (Wildman–Crippen LogP) is 4.43. The molecular formula is C23H31N3O2S. The van der Waals surface area contributed by atoms with Crippen LogP contribution in [0.3, 0.4) is 0 Å². The average Bonchev–Trinajstić information content (AvgIpc) is 3.06. The van der Waals surface area contributed by atoms with Crippen LogP contribution in [0.25, 0.3) is 10.6 Å². The van der Waals surface area contributed by atoms with Crippen molar-refractivity contribution in [3.63, 3.8) is 0 Å². The summed E-state index contributed by atoms with van der Waals surface area (Å²) in [5.74, 6) is 1.48. The third-order valence-corrected chi connectivity index (χ3v) is 7.05. The molecule has 1 amide bonds. The number of piperidine rings is 1. The molecule has 4 rings (SSSR count). The molecule has 1 aromatic heterocycles. The number of ether oxygens (including phenoxy) is 1. The molecule has 2 saturated heterocycles. The first-order valence-corrected chi connectivity index (χ1v) is 11.7. The fourth-order valence-electron chi connectivity index (χ4n) is 4.38. The van der Waals surface area contributed by atoms with Crippen molar-refractivity contribution in [3.8, 4) is 16.3 Å². The zero-order valence-electron chi connectivity index (χ0n) is 17.3. The van der Waals surface area contributed by atoms with E-state index in [1.54, 1.807) is 18.4 Å². The molecule has 0 aliphatic carbocycles. The van der Waals surface area contributed by atoms with E-state index in [2.05, 4.69) is 21.2 Å². The summed E-state index contributed by atoms with van der Waals surface area (Å²) in [6.07, 6.45) is 6.83. The van der Waals surface area contributed by atoms with Crippen LogP contribution in [0.4, 0.5) is 0 Å². The lowest BCUT2D eigenvalue weighted by molar-refractivity contribution is -0.137. The Labute approximate surface area is 177 Å². The van der Waals surface area contributed by atoms with E-state index in [9.17, 15) is 4.79 Å². The summed E-state index contributed by atoms with van der Waals surface area (Å²) in [7, 11) is 1.69. The van der Waals surface area contributed by atoms with E-state index >= 15 is 0 Å². The van der Waals surface area contributed by atoms with Gasteiger partial charge in [0.25, 0.3) is 0 Å². The summed E-state index contributed by atoms with van der Waals surface area (Å²) >= 11 is 1.68. The minimum Gasteiger partial charge on any atom is -0.497 e. The molecule has 0 atom stereocenters. The SMILES string of the molecule is COc1cccc(-c2nc(CN3CCC(C(=O)N4CCCCCC4)CC3)cs2)c1. The number of benzene rings is 1. The second kappa shape index (κ2) is 9.72. The fourth-order valence-corrected chi connectivity index (χ4v) is 5.19. The summed E-state index contributed by atoms with van der Waals surface area (Å²) < 4.78 is 5.32. The Kier molecular flexibility index (Phi) is 6.82. The maximum atomic E-state index is 12.9. The van der Waals surface area contributed by atoms with Gasteiger partial charge >= 0.3 is 0 Å². The highest BCUT2D eigenvalue weighted by atomic mass is 32.1. The van der Waals surface area contributed by atoms with E-state index in [0.29, 0.717) is 5.91 Å². The number of nitrogens with zero attached hydrogens (tertiary/aromatic N) is 3. The van der Waals surface area contributed by atoms with Gasteiger partial charge in [0.05, 0.1) is 12.8 Å². The highest BCUT2D eigenvalue weighted by molar-refractivity contribution is 7.13. The Morgan fingerprint density at radius 3 is 2.62 bits per heavy atom. The molecule has 29 heavy (non-hydrogen) atoms. The zero-order valence-corrected chi connectivity index (χ0v) is 18.1. The van der Waals surface area contributed by atoms with Crippen LogP contribution in [0, 0.1) is 5.92 Å². The van der Waals surface area contributed by atoms with Crippen LogP contribution in [-0.2, 0) is 11.3 Å². The first-order valence-electron chi connectivity index (χ1n) is 10.8. The second-order valence-electron chi connectivity index (χ2n) is 8.17. The van der Waals surface area contributed by atoms with Crippen molar-refractivity contribution in [3.05, 3.63) is 35.3 Å². The molecule has 0 saturated carbocycles. The lowest BCUT2D eigenvalue weighted by Crippen LogP contribution is -2.42. The number of carbonyl (C=O) groups is 1. The quantitative estimate of drug-likeness (QED) is 0.727. The molecule has 0 N–H and O–H groups in total. The van der Waals surface area contributed by atoms with Gasteiger partial charge < -0.3 is 9.64 Å². The zero-order chi connectivity index (χ0) is 20.1. The minimum atomic E-state index is 0.215. The van der Waals surface area contributed by atoms with Gasteiger partial charge in [-0.1, -0.05) is 25.0 Å². The minimum absolute atomic E-state index is 0.215. The maximum absolute atomic E-state index is 12.9. The highest BCUT2D eigenvalue weighted by Crippen LogP contribution is 2.28. The number of methoxy groups -OCH3 is 1. The van der Waals surface area contributed by atoms with Gasteiger partial charge in [-0.2, -0.15) is 0 Å². The molecule has 2 aliphatic rings. The molecule has 0 radical (unpaired) electrons. The van der Waals surface area contributed by atoms with Crippen LogP contribution in [0.2, 0.25) is 0 Å². The van der Waals surface area contributed by atoms with E-state index in [1.165, 1.54) is 25.7 Å². The van der Waals surface area contributed by atoms with E-state index in [-0.39, 0.29) is 5.92 Å². The molecule has 5 nitrogen and oxygen atoms in total. The molecule has 0 spiro atoms. The van der Waals surface area contributed by atoms with Crippen LogP contribution in [-0.4, -0.2) is 54.0 Å². The molecular weight excluding hydrogens is 382 g/mol. The monoisotopic (exact) mass is 413 g/mol. The van der Waals surface area contributed by atoms with E-state index in [0.717, 1.165) is 67.6 Å². The Hall–Kier alpha value is -1.92. The normalized spacial score (nSPS) is 19.1. The van der Waals surface area contributed by atoms with Gasteiger partial charge in [0.1, 0.15) is 10.8 Å². The van der Waals surface area contributed by atoms with Crippen LogP contribution in [0.15, 0.2) is 29.6 Å². The smallest absolute Gasteiger partial charge is 0.225 e. The van der Waals surface area contributed by atoms with Crippen LogP contribution in [0.1, 0.15) is 44.2 Å². The third-order valence-electron chi connectivity index (χ3n) is 6.11. The van der Waals surface area contributed by atoms with Crippen LogP contribution >= 0.6 is 11.3 Å². The van der Waals surface area contributed by atoms with E-state index < -0.39 is 0 Å². The molecule has 2 aliphatic heterocycles. The topological polar surface area (TPSA) is 45.7 Å². The molecule has 0 bridgehead atoms. The lowest BCUT2D eigenvalue weighted by atomic mass is 9.95. The predicted molar refractivity (Wildman–Crippen MR) is 117 cm³/mol. The number of likely N-dealkylation sites (tertiary alicyclic amines) is 2. The molecule has 3 heterocycles. The third kappa shape index (κ3) is 5.17. The number of hydrogen-bond acceptors (Lipinski definition) is 5. The van der Waals surface area contributed by atoms with Crippen molar-refractivity contribution >= 4 is 17.2 Å². The lowest BCUT2D eigenvalue weighted by Gasteiger charge is -2.33. The molecule has 1 aromatic carbocycles. The molecule has 2 aromatic rings. The Morgan fingerprint density at radius 2 is 1.90 bits per heavy atom. The van der Waals surface area contributed by atoms with Crippen LogP contribution < -0.4 is 4.74 Å². The van der Waals surface area contributed by atoms with Crippen molar-refractivity contribution in [2.45, 2.75) is 45.1 Å². The average molecular weight is 414 g/mol. The van der Waals surface area contributed by atoms with Crippen LogP contribution in [0.5, 0.6) is 5.75 Å². The Morgan fingerprint density at radius 1 is 1.14 bits per heavy atom. The number of rotatable bonds is 5. The number of aromatic nitrogens is 1. The fraction of sp³-hybridized carbons (Fsp3) is 0.565. The van der Waals surface area contributed by atoms with E-state index in [4.69, 9.17) is 9.72 Å². The summed E-state index contributed by atoms with van der Waals surface area (Å²) in [6, 6.07) is 8.06. The summed E-state index contributed by atoms with van der Waals surface area (Å²) in [5, 5.41) is 3.19. The number of carbonyl (C=O) groups excluding carboxylic acids is 1. The largest absolute Gasteiger partial charge is 0.497 e. The Balaban J connectivity index is 1.29. The van der Waals surface area contributed by atoms with Gasteiger partial charge in [0.15, 0.2) is 0 Å². The van der Waals surface area contributed by atoms with Crippen molar-refractivity contribution in [2.24, 2.45) is 5.92 Å². The molecule has 0 unspecified atom stereocenters.